The van der Waals surface area contributed by atoms with Crippen LogP contribution in [0.2, 0.25) is 0 Å². The fraction of sp³-hybridized carbons (Fsp3) is 0.643. The quantitative estimate of drug-likeness (QED) is 0.610. The highest BCUT2D eigenvalue weighted by Gasteiger charge is 2.14. The number of piperidine rings is 1. The summed E-state index contributed by atoms with van der Waals surface area (Å²) in [6.07, 6.45) is 6.01. The van der Waals surface area contributed by atoms with Gasteiger partial charge in [0.2, 0.25) is 0 Å². The third-order valence-electron chi connectivity index (χ3n) is 3.82. The number of hydrogen-bond acceptors (Lipinski definition) is 4. The highest BCUT2D eigenvalue weighted by Crippen LogP contribution is 2.14. The molecule has 0 atom stereocenters. The first-order chi connectivity index (χ1) is 9.58. The van der Waals surface area contributed by atoms with Crippen molar-refractivity contribution in [3.05, 3.63) is 38.3 Å². The summed E-state index contributed by atoms with van der Waals surface area (Å²) in [5, 5.41) is 10.9. The van der Waals surface area contributed by atoms with Crippen LogP contribution in [-0.2, 0) is 6.54 Å². The van der Waals surface area contributed by atoms with E-state index in [2.05, 4.69) is 4.90 Å². The first kappa shape index (κ1) is 14.7. The summed E-state index contributed by atoms with van der Waals surface area (Å²) in [5.74, 6) is 0. The molecule has 0 aliphatic carbocycles. The molecule has 0 unspecified atom stereocenters. The molecule has 1 saturated heterocycles. The van der Waals surface area contributed by atoms with Gasteiger partial charge < -0.3 is 9.47 Å². The Kier molecular flexibility index (Phi) is 4.89. The zero-order valence-corrected chi connectivity index (χ0v) is 11.9. The second-order valence-corrected chi connectivity index (χ2v) is 5.39. The minimum atomic E-state index is -0.435. The van der Waals surface area contributed by atoms with Crippen molar-refractivity contribution in [3.8, 4) is 0 Å². The Bertz CT molecular complexity index is 533. The lowest BCUT2D eigenvalue weighted by molar-refractivity contribution is -0.385. The van der Waals surface area contributed by atoms with Crippen molar-refractivity contribution in [2.24, 2.45) is 0 Å². The molecule has 1 aliphatic heterocycles. The van der Waals surface area contributed by atoms with Crippen LogP contribution in [0.3, 0.4) is 0 Å². The molecule has 1 fully saturated rings. The number of hydrogen-bond donors (Lipinski definition) is 0. The fourth-order valence-corrected chi connectivity index (χ4v) is 2.67. The predicted molar refractivity (Wildman–Crippen MR) is 77.0 cm³/mol. The average Bonchev–Trinajstić information content (AvgIpc) is 2.42. The molecule has 0 aromatic carbocycles. The summed E-state index contributed by atoms with van der Waals surface area (Å²) >= 11 is 0. The van der Waals surface area contributed by atoms with Gasteiger partial charge in [-0.15, -0.1) is 0 Å². The van der Waals surface area contributed by atoms with E-state index in [1.165, 1.54) is 36.1 Å². The number of pyridine rings is 1. The fourth-order valence-electron chi connectivity index (χ4n) is 2.67. The van der Waals surface area contributed by atoms with Crippen LogP contribution in [0.5, 0.6) is 0 Å². The molecule has 2 rings (SSSR count). The summed E-state index contributed by atoms with van der Waals surface area (Å²) in [7, 11) is 0. The van der Waals surface area contributed by atoms with Gasteiger partial charge >= 0.3 is 0 Å². The smallest absolute Gasteiger partial charge is 0.288 e. The Morgan fingerprint density at radius 3 is 2.60 bits per heavy atom. The van der Waals surface area contributed by atoms with Crippen molar-refractivity contribution in [1.82, 2.24) is 9.47 Å². The lowest BCUT2D eigenvalue weighted by Gasteiger charge is -2.26. The summed E-state index contributed by atoms with van der Waals surface area (Å²) < 4.78 is 1.45. The molecule has 6 heteroatoms. The molecule has 1 aromatic rings. The third-order valence-corrected chi connectivity index (χ3v) is 3.82. The van der Waals surface area contributed by atoms with Gasteiger partial charge in [0, 0.05) is 18.2 Å². The van der Waals surface area contributed by atoms with E-state index >= 15 is 0 Å². The van der Waals surface area contributed by atoms with Crippen molar-refractivity contribution in [3.63, 3.8) is 0 Å². The first-order valence-electron chi connectivity index (χ1n) is 7.16. The zero-order valence-electron chi connectivity index (χ0n) is 11.9. The number of likely N-dealkylation sites (tertiary alicyclic amines) is 1. The Hall–Kier alpha value is -1.69. The predicted octanol–water partition coefficient (Wildman–Crippen LogP) is 1.94. The highest BCUT2D eigenvalue weighted by atomic mass is 16.6. The van der Waals surface area contributed by atoms with E-state index in [0.29, 0.717) is 12.1 Å². The van der Waals surface area contributed by atoms with Crippen molar-refractivity contribution in [2.45, 2.75) is 39.2 Å². The maximum atomic E-state index is 11.8. The monoisotopic (exact) mass is 279 g/mol. The molecule has 0 amide bonds. The number of nitrogens with zero attached hydrogens (tertiary/aromatic N) is 3. The van der Waals surface area contributed by atoms with Crippen molar-refractivity contribution >= 4 is 5.69 Å². The molecule has 6 nitrogen and oxygen atoms in total. The first-order valence-corrected chi connectivity index (χ1v) is 7.16. The molecule has 0 radical (unpaired) electrons. The van der Waals surface area contributed by atoms with Crippen molar-refractivity contribution < 1.29 is 4.92 Å². The van der Waals surface area contributed by atoms with Crippen molar-refractivity contribution in [1.29, 1.82) is 0 Å². The van der Waals surface area contributed by atoms with E-state index in [1.807, 2.05) is 0 Å². The highest BCUT2D eigenvalue weighted by molar-refractivity contribution is 5.35. The van der Waals surface area contributed by atoms with Gasteiger partial charge in [-0.1, -0.05) is 6.42 Å². The molecular formula is C14H21N3O3. The normalized spacial score (nSPS) is 16.2. The molecule has 0 bridgehead atoms. The maximum absolute atomic E-state index is 11.8. The molecule has 110 valence electrons. The van der Waals surface area contributed by atoms with Gasteiger partial charge in [-0.2, -0.15) is 0 Å². The van der Waals surface area contributed by atoms with Gasteiger partial charge in [-0.05, 0) is 45.8 Å². The van der Waals surface area contributed by atoms with E-state index in [1.54, 1.807) is 6.92 Å². The summed E-state index contributed by atoms with van der Waals surface area (Å²) in [5.41, 5.74) is 0.279. The van der Waals surface area contributed by atoms with E-state index in [-0.39, 0.29) is 11.2 Å². The molecule has 1 aromatic heterocycles. The number of aromatic nitrogens is 1. The van der Waals surface area contributed by atoms with E-state index < -0.39 is 4.92 Å². The Balaban J connectivity index is 1.96. The van der Waals surface area contributed by atoms with Crippen LogP contribution in [0.25, 0.3) is 0 Å². The largest absolute Gasteiger partial charge is 0.309 e. The molecule has 0 spiro atoms. The molecular weight excluding hydrogens is 258 g/mol. The van der Waals surface area contributed by atoms with E-state index in [4.69, 9.17) is 0 Å². The molecule has 1 aliphatic rings. The van der Waals surface area contributed by atoms with Gasteiger partial charge in [0.1, 0.15) is 0 Å². The van der Waals surface area contributed by atoms with Crippen molar-refractivity contribution in [2.75, 3.05) is 19.6 Å². The minimum Gasteiger partial charge on any atom is -0.309 e. The topological polar surface area (TPSA) is 68.4 Å². The second kappa shape index (κ2) is 6.65. The molecule has 0 N–H and O–H groups in total. The standard InChI is InChI=1S/C14H21N3O3/c1-12-10-14(18)16(11-13(12)17(19)20)9-5-8-15-6-3-2-4-7-15/h10-11H,2-9H2,1H3. The summed E-state index contributed by atoms with van der Waals surface area (Å²) in [4.78, 5) is 24.7. The Morgan fingerprint density at radius 1 is 1.25 bits per heavy atom. The molecule has 20 heavy (non-hydrogen) atoms. The van der Waals surface area contributed by atoms with Crippen LogP contribution in [0.4, 0.5) is 5.69 Å². The second-order valence-electron chi connectivity index (χ2n) is 5.39. The minimum absolute atomic E-state index is 0.0163. The average molecular weight is 279 g/mol. The van der Waals surface area contributed by atoms with Crippen LogP contribution in [0, 0.1) is 17.0 Å². The van der Waals surface area contributed by atoms with Gasteiger partial charge in [0.05, 0.1) is 11.1 Å². The van der Waals surface area contributed by atoms with Crippen LogP contribution < -0.4 is 5.56 Å². The Morgan fingerprint density at radius 2 is 1.95 bits per heavy atom. The van der Waals surface area contributed by atoms with Crippen LogP contribution in [0.1, 0.15) is 31.2 Å². The number of aryl methyl sites for hydroxylation is 2. The van der Waals surface area contributed by atoms with Gasteiger partial charge in [0.15, 0.2) is 0 Å². The SMILES string of the molecule is Cc1cc(=O)n(CCCN2CCCCC2)cc1[N+](=O)[O-]. The van der Waals surface area contributed by atoms with Gasteiger partial charge in [0.25, 0.3) is 11.2 Å². The molecule has 2 heterocycles. The maximum Gasteiger partial charge on any atom is 0.288 e. The zero-order chi connectivity index (χ0) is 14.5. The van der Waals surface area contributed by atoms with Crippen LogP contribution in [-0.4, -0.2) is 34.0 Å². The number of nitro groups is 1. The molecule has 0 saturated carbocycles. The van der Waals surface area contributed by atoms with E-state index in [9.17, 15) is 14.9 Å². The Labute approximate surface area is 118 Å². The van der Waals surface area contributed by atoms with Crippen LogP contribution in [0.15, 0.2) is 17.1 Å². The van der Waals surface area contributed by atoms with Crippen LogP contribution >= 0.6 is 0 Å². The number of rotatable bonds is 5. The van der Waals surface area contributed by atoms with E-state index in [0.717, 1.165) is 26.1 Å². The lowest BCUT2D eigenvalue weighted by atomic mass is 10.1. The van der Waals surface area contributed by atoms with Gasteiger partial charge in [-0.3, -0.25) is 14.9 Å². The van der Waals surface area contributed by atoms with Gasteiger partial charge in [-0.25, -0.2) is 0 Å². The summed E-state index contributed by atoms with van der Waals surface area (Å²) in [6.45, 7) is 5.34. The third kappa shape index (κ3) is 3.66. The lowest BCUT2D eigenvalue weighted by Crippen LogP contribution is -2.31. The summed E-state index contributed by atoms with van der Waals surface area (Å²) in [6, 6.07) is 1.35.